The molecule has 0 spiro atoms. The Bertz CT molecular complexity index is 1720. The van der Waals surface area contributed by atoms with Gasteiger partial charge in [0.1, 0.15) is 21.9 Å². The van der Waals surface area contributed by atoms with Gasteiger partial charge in [-0.15, -0.1) is 22.7 Å². The van der Waals surface area contributed by atoms with Crippen LogP contribution in [0.3, 0.4) is 0 Å². The van der Waals surface area contributed by atoms with Crippen molar-refractivity contribution in [3.63, 3.8) is 0 Å². The first-order valence-corrected chi connectivity index (χ1v) is 15.0. The van der Waals surface area contributed by atoms with Crippen molar-refractivity contribution in [1.82, 2.24) is 5.32 Å². The molecule has 4 aromatic rings. The number of nitrogens with zero attached hydrogens (tertiary/aromatic N) is 2. The minimum atomic E-state index is -0.432. The molecule has 0 saturated carbocycles. The van der Waals surface area contributed by atoms with Gasteiger partial charge in [0, 0.05) is 54.9 Å². The van der Waals surface area contributed by atoms with Gasteiger partial charge in [0.2, 0.25) is 0 Å². The Labute approximate surface area is 246 Å². The van der Waals surface area contributed by atoms with Gasteiger partial charge in [-0.3, -0.25) is 19.2 Å². The number of benzene rings is 2. The van der Waals surface area contributed by atoms with Crippen LogP contribution in [0, 0.1) is 22.7 Å². The summed E-state index contributed by atoms with van der Waals surface area (Å²) in [5.41, 5.74) is 1.40. The highest BCUT2D eigenvalue weighted by Gasteiger charge is 2.26. The molecule has 4 rings (SSSR count). The van der Waals surface area contributed by atoms with E-state index >= 15 is 0 Å². The highest BCUT2D eigenvalue weighted by Crippen LogP contribution is 2.42. The summed E-state index contributed by atoms with van der Waals surface area (Å²) in [6.07, 6.45) is 8.13. The number of aldehydes is 3. The topological polar surface area (TPSA) is 128 Å². The van der Waals surface area contributed by atoms with Crippen LogP contribution < -0.4 is 5.32 Å². The molecule has 7 nitrogen and oxygen atoms in total. The molecule has 0 aliphatic heterocycles. The standard InChI is InChI=1S/C32H27N3O4S2/c1-2-3-4-5-6-7-12-35-32(39)31-25(28-11-9-23(16-34)41-28)14-20(17-36)29-26(19-38)24(13-21(18-37)30(29)31)27-10-8-22(15-33)40-27/h8-11,13-14,17-19H,2-7,12H2,1H3,(H,35,39). The number of nitrogens with one attached hydrogen (secondary N) is 1. The third-order valence-corrected chi connectivity index (χ3v) is 8.93. The van der Waals surface area contributed by atoms with Gasteiger partial charge < -0.3 is 5.32 Å². The second-order valence-corrected chi connectivity index (χ2v) is 11.7. The molecule has 2 aromatic carbocycles. The normalized spacial score (nSPS) is 10.6. The Hall–Kier alpha value is -4.44. The third kappa shape index (κ3) is 6.17. The summed E-state index contributed by atoms with van der Waals surface area (Å²) in [6.45, 7) is 2.58. The molecule has 0 bridgehead atoms. The Kier molecular flexibility index (Phi) is 9.91. The van der Waals surface area contributed by atoms with E-state index in [1.165, 1.54) is 23.8 Å². The van der Waals surface area contributed by atoms with Crippen LogP contribution in [0.1, 0.15) is 96.6 Å². The fourth-order valence-electron chi connectivity index (χ4n) is 4.95. The Balaban J connectivity index is 1.94. The first kappa shape index (κ1) is 29.5. The number of carbonyl (C=O) groups excluding carboxylic acids is 4. The number of amides is 1. The van der Waals surface area contributed by atoms with Crippen LogP contribution in [0.15, 0.2) is 36.4 Å². The minimum Gasteiger partial charge on any atom is -0.352 e. The van der Waals surface area contributed by atoms with Crippen molar-refractivity contribution >= 4 is 58.2 Å². The van der Waals surface area contributed by atoms with Crippen molar-refractivity contribution < 1.29 is 19.2 Å². The van der Waals surface area contributed by atoms with E-state index < -0.39 is 5.91 Å². The van der Waals surface area contributed by atoms with Gasteiger partial charge in [-0.05, 0) is 42.8 Å². The van der Waals surface area contributed by atoms with Crippen molar-refractivity contribution in [1.29, 1.82) is 10.5 Å². The fraction of sp³-hybridized carbons (Fsp3) is 0.250. The number of hydrogen-bond donors (Lipinski definition) is 1. The number of rotatable bonds is 13. The van der Waals surface area contributed by atoms with Gasteiger partial charge in [0.25, 0.3) is 5.91 Å². The molecule has 41 heavy (non-hydrogen) atoms. The largest absolute Gasteiger partial charge is 0.352 e. The molecular formula is C32H27N3O4S2. The van der Waals surface area contributed by atoms with Crippen LogP contribution in [-0.4, -0.2) is 31.3 Å². The molecule has 2 heterocycles. The zero-order valence-corrected chi connectivity index (χ0v) is 24.1. The molecule has 0 fully saturated rings. The SMILES string of the molecule is CCCCCCCCNC(=O)c1c(-c2ccc(C#N)s2)cc(C=O)c2c(C=O)c(-c3ccc(C#N)s3)cc(C=O)c12. The third-order valence-electron chi connectivity index (χ3n) is 6.88. The summed E-state index contributed by atoms with van der Waals surface area (Å²) < 4.78 is 0. The maximum Gasteiger partial charge on any atom is 0.252 e. The van der Waals surface area contributed by atoms with E-state index in [4.69, 9.17) is 0 Å². The summed E-state index contributed by atoms with van der Waals surface area (Å²) in [6, 6.07) is 13.9. The quantitative estimate of drug-likeness (QED) is 0.128. The number of fused-ring (bicyclic) bond motifs is 1. The predicted octanol–water partition coefficient (Wildman–Crippen LogP) is 7.57. The van der Waals surface area contributed by atoms with E-state index in [2.05, 4.69) is 24.4 Å². The van der Waals surface area contributed by atoms with Crippen LogP contribution in [0.25, 0.3) is 31.7 Å². The average molecular weight is 582 g/mol. The molecule has 2 aromatic heterocycles. The first-order valence-electron chi connectivity index (χ1n) is 13.3. The second kappa shape index (κ2) is 13.8. The monoisotopic (exact) mass is 581 g/mol. The highest BCUT2D eigenvalue weighted by atomic mass is 32.1. The molecule has 1 amide bonds. The van der Waals surface area contributed by atoms with Gasteiger partial charge in [-0.2, -0.15) is 10.5 Å². The molecule has 9 heteroatoms. The van der Waals surface area contributed by atoms with Crippen LogP contribution in [0.2, 0.25) is 0 Å². The fourth-order valence-corrected chi connectivity index (χ4v) is 6.61. The summed E-state index contributed by atoms with van der Waals surface area (Å²) >= 11 is 2.33. The second-order valence-electron chi connectivity index (χ2n) is 9.49. The van der Waals surface area contributed by atoms with Gasteiger partial charge in [0.05, 0.1) is 5.56 Å². The molecule has 0 atom stereocenters. The van der Waals surface area contributed by atoms with Crippen molar-refractivity contribution in [3.8, 4) is 33.0 Å². The zero-order chi connectivity index (χ0) is 29.4. The van der Waals surface area contributed by atoms with Gasteiger partial charge in [-0.25, -0.2) is 0 Å². The van der Waals surface area contributed by atoms with Crippen molar-refractivity contribution in [3.05, 3.63) is 68.4 Å². The number of thiophene rings is 2. The zero-order valence-electron chi connectivity index (χ0n) is 22.5. The summed E-state index contributed by atoms with van der Waals surface area (Å²) in [5.74, 6) is -0.432. The molecule has 0 saturated heterocycles. The van der Waals surface area contributed by atoms with Crippen LogP contribution in [0.4, 0.5) is 0 Å². The van der Waals surface area contributed by atoms with Crippen molar-refractivity contribution in [2.45, 2.75) is 45.4 Å². The van der Waals surface area contributed by atoms with Crippen LogP contribution in [-0.2, 0) is 0 Å². The summed E-state index contributed by atoms with van der Waals surface area (Å²) in [7, 11) is 0. The lowest BCUT2D eigenvalue weighted by molar-refractivity contribution is 0.0954. The number of nitriles is 2. The number of carbonyl (C=O) groups is 4. The first-order chi connectivity index (χ1) is 20.0. The maximum absolute atomic E-state index is 13.8. The number of hydrogen-bond acceptors (Lipinski definition) is 8. The smallest absolute Gasteiger partial charge is 0.252 e. The molecule has 0 aliphatic rings. The highest BCUT2D eigenvalue weighted by molar-refractivity contribution is 7.16. The van der Waals surface area contributed by atoms with Crippen LogP contribution in [0.5, 0.6) is 0 Å². The maximum atomic E-state index is 13.8. The molecule has 0 radical (unpaired) electrons. The lowest BCUT2D eigenvalue weighted by atomic mass is 9.86. The molecule has 0 aliphatic carbocycles. The average Bonchev–Trinajstić information content (AvgIpc) is 3.69. The summed E-state index contributed by atoms with van der Waals surface area (Å²) in [4.78, 5) is 53.4. The van der Waals surface area contributed by atoms with E-state index in [0.29, 0.717) is 56.0 Å². The van der Waals surface area contributed by atoms with E-state index in [1.54, 1.807) is 30.3 Å². The molecule has 206 valence electrons. The predicted molar refractivity (Wildman–Crippen MR) is 162 cm³/mol. The van der Waals surface area contributed by atoms with Gasteiger partial charge in [0.15, 0.2) is 18.9 Å². The Morgan fingerprint density at radius 2 is 1.34 bits per heavy atom. The molecular weight excluding hydrogens is 555 g/mol. The van der Waals surface area contributed by atoms with Gasteiger partial charge in [-0.1, -0.05) is 39.0 Å². The van der Waals surface area contributed by atoms with E-state index in [1.807, 2.05) is 0 Å². The van der Waals surface area contributed by atoms with Crippen LogP contribution >= 0.6 is 22.7 Å². The lowest BCUT2D eigenvalue weighted by Crippen LogP contribution is -2.26. The van der Waals surface area contributed by atoms with E-state index in [9.17, 15) is 29.7 Å². The van der Waals surface area contributed by atoms with Crippen molar-refractivity contribution in [2.24, 2.45) is 0 Å². The Morgan fingerprint density at radius 1 is 0.780 bits per heavy atom. The Morgan fingerprint density at radius 3 is 1.90 bits per heavy atom. The minimum absolute atomic E-state index is 0.137. The molecule has 1 N–H and O–H groups in total. The number of unbranched alkanes of at least 4 members (excludes halogenated alkanes) is 5. The lowest BCUT2D eigenvalue weighted by Gasteiger charge is -2.19. The molecule has 0 unspecified atom stereocenters. The van der Waals surface area contributed by atoms with E-state index in [-0.39, 0.29) is 33.0 Å². The van der Waals surface area contributed by atoms with E-state index in [0.717, 1.165) is 43.4 Å². The van der Waals surface area contributed by atoms with Gasteiger partial charge >= 0.3 is 0 Å². The van der Waals surface area contributed by atoms with Crippen molar-refractivity contribution in [2.75, 3.05) is 6.54 Å². The summed E-state index contributed by atoms with van der Waals surface area (Å²) in [5, 5.41) is 22.1.